The number of aromatic amines is 2. The Morgan fingerprint density at radius 2 is 2.04 bits per heavy atom. The van der Waals surface area contributed by atoms with Gasteiger partial charge < -0.3 is 10.3 Å². The summed E-state index contributed by atoms with van der Waals surface area (Å²) in [5, 5.41) is 7.50. The fourth-order valence-corrected chi connectivity index (χ4v) is 3.15. The normalized spacial score (nSPS) is 11.0. The van der Waals surface area contributed by atoms with Crippen LogP contribution in [-0.4, -0.2) is 21.0 Å². The van der Waals surface area contributed by atoms with Gasteiger partial charge in [0.15, 0.2) is 5.82 Å². The van der Waals surface area contributed by atoms with Crippen molar-refractivity contribution < 1.29 is 9.32 Å². The van der Waals surface area contributed by atoms with E-state index in [0.717, 1.165) is 20.9 Å². The van der Waals surface area contributed by atoms with Crippen LogP contribution in [-0.2, 0) is 0 Å². The van der Waals surface area contributed by atoms with Gasteiger partial charge in [-0.05, 0) is 36.8 Å². The van der Waals surface area contributed by atoms with Crippen LogP contribution < -0.4 is 11.1 Å². The first-order valence-electron chi connectivity index (χ1n) is 7.77. The van der Waals surface area contributed by atoms with E-state index >= 15 is 0 Å². The van der Waals surface area contributed by atoms with Crippen LogP contribution in [0.3, 0.4) is 0 Å². The third-order valence-electron chi connectivity index (χ3n) is 4.03. The Kier molecular flexibility index (Phi) is 3.96. The van der Waals surface area contributed by atoms with Gasteiger partial charge in [0.2, 0.25) is 0 Å². The van der Waals surface area contributed by atoms with Gasteiger partial charge in [0.1, 0.15) is 5.69 Å². The van der Waals surface area contributed by atoms with Crippen LogP contribution in [0.15, 0.2) is 56.3 Å². The predicted octanol–water partition coefficient (Wildman–Crippen LogP) is 3.83. The van der Waals surface area contributed by atoms with Gasteiger partial charge in [0.25, 0.3) is 5.91 Å². The Hall–Kier alpha value is -3.13. The molecule has 2 heterocycles. The number of H-pyrrole nitrogens is 2. The van der Waals surface area contributed by atoms with E-state index in [-0.39, 0.29) is 11.7 Å². The maximum Gasteiger partial charge on any atom is 0.439 e. The minimum Gasteiger partial charge on any atom is -0.350 e. The average molecular weight is 413 g/mol. The molecule has 0 unspecified atom stereocenters. The third kappa shape index (κ3) is 2.95. The summed E-state index contributed by atoms with van der Waals surface area (Å²) >= 11 is 3.37. The highest BCUT2D eigenvalue weighted by Crippen LogP contribution is 2.29. The van der Waals surface area contributed by atoms with E-state index in [2.05, 4.69) is 40.9 Å². The minimum absolute atomic E-state index is 0.235. The molecule has 0 fully saturated rings. The molecule has 0 radical (unpaired) electrons. The second kappa shape index (κ2) is 6.30. The number of carbonyl (C=O) groups excluding carboxylic acids is 1. The highest BCUT2D eigenvalue weighted by Gasteiger charge is 2.16. The number of nitrogens with one attached hydrogen (secondary N) is 3. The Morgan fingerprint density at radius 1 is 1.19 bits per heavy atom. The van der Waals surface area contributed by atoms with Crippen LogP contribution in [0, 0.1) is 6.92 Å². The van der Waals surface area contributed by atoms with E-state index in [1.54, 1.807) is 24.3 Å². The van der Waals surface area contributed by atoms with E-state index in [9.17, 15) is 9.59 Å². The quantitative estimate of drug-likeness (QED) is 0.475. The van der Waals surface area contributed by atoms with E-state index in [0.29, 0.717) is 16.9 Å². The van der Waals surface area contributed by atoms with Crippen LogP contribution in [0.1, 0.15) is 16.1 Å². The SMILES string of the molecule is Cc1cccc2cc(C(=O)Nc3ccc(Br)cc3-c3noc(=O)[nH]3)[nH]c12. The van der Waals surface area contributed by atoms with Gasteiger partial charge in [-0.25, -0.2) is 4.79 Å². The van der Waals surface area contributed by atoms with Crippen LogP contribution in [0.25, 0.3) is 22.3 Å². The van der Waals surface area contributed by atoms with Crippen molar-refractivity contribution in [1.29, 1.82) is 0 Å². The second-order valence-electron chi connectivity index (χ2n) is 5.81. The van der Waals surface area contributed by atoms with Crippen molar-refractivity contribution in [3.63, 3.8) is 0 Å². The molecule has 7 nitrogen and oxygen atoms in total. The third-order valence-corrected chi connectivity index (χ3v) is 4.53. The lowest BCUT2D eigenvalue weighted by Gasteiger charge is -2.09. The molecule has 0 atom stereocenters. The number of benzene rings is 2. The highest BCUT2D eigenvalue weighted by molar-refractivity contribution is 9.10. The van der Waals surface area contributed by atoms with Crippen molar-refractivity contribution in [3.05, 3.63) is 68.7 Å². The molecule has 0 aliphatic rings. The fourth-order valence-electron chi connectivity index (χ4n) is 2.79. The number of amides is 1. The molecule has 0 aliphatic heterocycles. The molecular weight excluding hydrogens is 400 g/mol. The molecule has 1 amide bonds. The smallest absolute Gasteiger partial charge is 0.350 e. The summed E-state index contributed by atoms with van der Waals surface area (Å²) in [6, 6.07) is 12.9. The molecule has 130 valence electrons. The van der Waals surface area contributed by atoms with Crippen LogP contribution in [0.4, 0.5) is 5.69 Å². The maximum atomic E-state index is 12.7. The van der Waals surface area contributed by atoms with E-state index in [1.807, 2.05) is 25.1 Å². The first-order chi connectivity index (χ1) is 12.5. The lowest BCUT2D eigenvalue weighted by molar-refractivity contribution is 0.102. The number of aromatic nitrogens is 3. The summed E-state index contributed by atoms with van der Waals surface area (Å²) in [4.78, 5) is 29.6. The van der Waals surface area contributed by atoms with Crippen molar-refractivity contribution >= 4 is 38.4 Å². The van der Waals surface area contributed by atoms with Crippen LogP contribution >= 0.6 is 15.9 Å². The lowest BCUT2D eigenvalue weighted by atomic mass is 10.1. The van der Waals surface area contributed by atoms with Gasteiger partial charge in [-0.1, -0.05) is 39.3 Å². The number of hydrogen-bond acceptors (Lipinski definition) is 4. The van der Waals surface area contributed by atoms with Gasteiger partial charge in [-0.2, -0.15) is 0 Å². The van der Waals surface area contributed by atoms with Gasteiger partial charge in [0.05, 0.1) is 5.69 Å². The monoisotopic (exact) mass is 412 g/mol. The Labute approximate surface area is 155 Å². The van der Waals surface area contributed by atoms with Crippen LogP contribution in [0.2, 0.25) is 0 Å². The number of para-hydroxylation sites is 1. The zero-order valence-corrected chi connectivity index (χ0v) is 15.2. The molecular formula is C18H13BrN4O3. The molecule has 0 bridgehead atoms. The standard InChI is InChI=1S/C18H13BrN4O3/c1-9-3-2-4-10-7-14(20-15(9)10)17(24)21-13-6-5-11(19)8-12(13)16-22-18(25)26-23-16/h2-8,20H,1H3,(H,21,24)(H,22,23,25). The van der Waals surface area contributed by atoms with Gasteiger partial charge >= 0.3 is 5.76 Å². The molecule has 2 aromatic heterocycles. The molecule has 0 saturated heterocycles. The summed E-state index contributed by atoms with van der Waals surface area (Å²) < 4.78 is 5.33. The van der Waals surface area contributed by atoms with Gasteiger partial charge in [-0.3, -0.25) is 14.3 Å². The number of nitrogens with zero attached hydrogens (tertiary/aromatic N) is 1. The summed E-state index contributed by atoms with van der Waals surface area (Å²) in [6.07, 6.45) is 0. The fraction of sp³-hybridized carbons (Fsp3) is 0.0556. The van der Waals surface area contributed by atoms with Crippen molar-refractivity contribution in [3.8, 4) is 11.4 Å². The molecule has 26 heavy (non-hydrogen) atoms. The zero-order chi connectivity index (χ0) is 18.3. The number of halogens is 1. The lowest BCUT2D eigenvalue weighted by Crippen LogP contribution is -2.13. The van der Waals surface area contributed by atoms with Gasteiger partial charge in [-0.15, -0.1) is 0 Å². The summed E-state index contributed by atoms with van der Waals surface area (Å²) in [7, 11) is 0. The highest BCUT2D eigenvalue weighted by atomic mass is 79.9. The van der Waals surface area contributed by atoms with Crippen molar-refractivity contribution in [2.75, 3.05) is 5.32 Å². The Morgan fingerprint density at radius 3 is 2.77 bits per heavy atom. The second-order valence-corrected chi connectivity index (χ2v) is 6.73. The van der Waals surface area contributed by atoms with Gasteiger partial charge in [0, 0.05) is 20.9 Å². The van der Waals surface area contributed by atoms with Crippen LogP contribution in [0.5, 0.6) is 0 Å². The summed E-state index contributed by atoms with van der Waals surface area (Å²) in [5.41, 5.74) is 3.46. The molecule has 0 saturated carbocycles. The number of hydrogen-bond donors (Lipinski definition) is 3. The summed E-state index contributed by atoms with van der Waals surface area (Å²) in [6.45, 7) is 1.98. The molecule has 4 rings (SSSR count). The maximum absolute atomic E-state index is 12.7. The molecule has 0 spiro atoms. The minimum atomic E-state index is -0.664. The van der Waals surface area contributed by atoms with Crippen molar-refractivity contribution in [2.24, 2.45) is 0 Å². The molecule has 2 aromatic carbocycles. The number of anilines is 1. The van der Waals surface area contributed by atoms with E-state index in [4.69, 9.17) is 0 Å². The number of fused-ring (bicyclic) bond motifs is 1. The first-order valence-corrected chi connectivity index (χ1v) is 8.56. The first kappa shape index (κ1) is 16.3. The molecule has 4 aromatic rings. The number of carbonyl (C=O) groups is 1. The van der Waals surface area contributed by atoms with E-state index < -0.39 is 5.76 Å². The van der Waals surface area contributed by atoms with Crippen molar-refractivity contribution in [1.82, 2.24) is 15.1 Å². The largest absolute Gasteiger partial charge is 0.439 e. The zero-order valence-electron chi connectivity index (χ0n) is 13.6. The van der Waals surface area contributed by atoms with E-state index in [1.165, 1.54) is 0 Å². The topological polar surface area (TPSA) is 104 Å². The van der Waals surface area contributed by atoms with Crippen molar-refractivity contribution in [2.45, 2.75) is 6.92 Å². The summed E-state index contributed by atoms with van der Waals surface area (Å²) in [5.74, 6) is -0.725. The Balaban J connectivity index is 1.71. The predicted molar refractivity (Wildman–Crippen MR) is 101 cm³/mol. The number of aryl methyl sites for hydroxylation is 1. The number of rotatable bonds is 3. The molecule has 0 aliphatic carbocycles. The average Bonchev–Trinajstić information content (AvgIpc) is 3.23. The molecule has 3 N–H and O–H groups in total. The Bertz CT molecular complexity index is 1190. The molecule has 8 heteroatoms.